The van der Waals surface area contributed by atoms with Crippen molar-refractivity contribution >= 4 is 15.7 Å². The highest BCUT2D eigenvalue weighted by Crippen LogP contribution is 2.19. The summed E-state index contributed by atoms with van der Waals surface area (Å²) >= 11 is 0. The zero-order chi connectivity index (χ0) is 14.0. The minimum absolute atomic E-state index is 0.0182. The average molecular weight is 263 g/mol. The lowest BCUT2D eigenvalue weighted by Gasteiger charge is -2.19. The molecule has 0 fully saturated rings. The molecule has 0 heterocycles. The van der Waals surface area contributed by atoms with Gasteiger partial charge >= 0.3 is 0 Å². The molecule has 0 atom stereocenters. The number of rotatable bonds is 3. The largest absolute Gasteiger partial charge is 0.399 e. The lowest BCUT2D eigenvalue weighted by Crippen LogP contribution is -2.42. The first-order valence-electron chi connectivity index (χ1n) is 5.03. The zero-order valence-electron chi connectivity index (χ0n) is 10.1. The van der Waals surface area contributed by atoms with Crippen molar-refractivity contribution in [1.29, 1.82) is 5.26 Å². The van der Waals surface area contributed by atoms with Crippen LogP contribution in [-0.4, -0.2) is 14.0 Å². The SMILES string of the molecule is C#CC(C)(C)NS(=O)(=O)c1ccc(N)cc1C#N. The smallest absolute Gasteiger partial charge is 0.243 e. The first-order chi connectivity index (χ1) is 8.22. The number of hydrogen-bond donors (Lipinski definition) is 2. The van der Waals surface area contributed by atoms with Crippen LogP contribution >= 0.6 is 0 Å². The monoisotopic (exact) mass is 263 g/mol. The summed E-state index contributed by atoms with van der Waals surface area (Å²) in [6.45, 7) is 3.10. The molecular formula is C12H13N3O2S. The van der Waals surface area contributed by atoms with Crippen molar-refractivity contribution in [3.05, 3.63) is 23.8 Å². The number of nitrogens with one attached hydrogen (secondary N) is 1. The second-order valence-corrected chi connectivity index (χ2v) is 5.89. The van der Waals surface area contributed by atoms with Gasteiger partial charge in [-0.25, -0.2) is 8.42 Å². The molecule has 0 spiro atoms. The summed E-state index contributed by atoms with van der Waals surface area (Å²) in [6.07, 6.45) is 5.22. The molecule has 0 aliphatic heterocycles. The van der Waals surface area contributed by atoms with Crippen molar-refractivity contribution in [2.75, 3.05) is 5.73 Å². The molecular weight excluding hydrogens is 250 g/mol. The minimum Gasteiger partial charge on any atom is -0.399 e. The number of nitrogens with zero attached hydrogens (tertiary/aromatic N) is 1. The van der Waals surface area contributed by atoms with Crippen molar-refractivity contribution < 1.29 is 8.42 Å². The number of terminal acetylenes is 1. The van der Waals surface area contributed by atoms with E-state index in [1.165, 1.54) is 18.2 Å². The van der Waals surface area contributed by atoms with Gasteiger partial charge in [-0.1, -0.05) is 5.92 Å². The Labute approximate surface area is 107 Å². The Morgan fingerprint density at radius 3 is 2.56 bits per heavy atom. The molecule has 5 nitrogen and oxygen atoms in total. The Morgan fingerprint density at radius 1 is 1.44 bits per heavy atom. The zero-order valence-corrected chi connectivity index (χ0v) is 10.9. The van der Waals surface area contributed by atoms with Gasteiger partial charge in [-0.2, -0.15) is 9.98 Å². The maximum absolute atomic E-state index is 12.1. The summed E-state index contributed by atoms with van der Waals surface area (Å²) in [5, 5.41) is 8.92. The van der Waals surface area contributed by atoms with E-state index in [9.17, 15) is 8.42 Å². The molecule has 3 N–H and O–H groups in total. The van der Waals surface area contributed by atoms with E-state index in [4.69, 9.17) is 17.4 Å². The third-order valence-electron chi connectivity index (χ3n) is 2.16. The summed E-state index contributed by atoms with van der Waals surface area (Å²) in [5.41, 5.74) is 4.77. The Hall–Kier alpha value is -2.02. The van der Waals surface area contributed by atoms with Gasteiger partial charge in [0.05, 0.1) is 16.0 Å². The van der Waals surface area contributed by atoms with Crippen LogP contribution in [-0.2, 0) is 10.0 Å². The molecule has 0 saturated carbocycles. The predicted octanol–water partition coefficient (Wildman–Crippen LogP) is 0.831. The summed E-state index contributed by atoms with van der Waals surface area (Å²) in [6, 6.07) is 5.79. The number of nitriles is 1. The Bertz CT molecular complexity index is 649. The van der Waals surface area contributed by atoms with E-state index < -0.39 is 15.6 Å². The molecule has 1 aromatic carbocycles. The molecule has 6 heteroatoms. The van der Waals surface area contributed by atoms with E-state index in [1.54, 1.807) is 19.9 Å². The van der Waals surface area contributed by atoms with Gasteiger partial charge in [0.2, 0.25) is 10.0 Å². The Morgan fingerprint density at radius 2 is 2.06 bits per heavy atom. The fourth-order valence-corrected chi connectivity index (χ4v) is 2.77. The van der Waals surface area contributed by atoms with E-state index in [2.05, 4.69) is 10.6 Å². The summed E-state index contributed by atoms with van der Waals surface area (Å²) < 4.78 is 26.5. The number of anilines is 1. The third kappa shape index (κ3) is 3.01. The van der Waals surface area contributed by atoms with Crippen molar-refractivity contribution in [2.24, 2.45) is 0 Å². The molecule has 18 heavy (non-hydrogen) atoms. The molecule has 0 amide bonds. The lowest BCUT2D eigenvalue weighted by molar-refractivity contribution is 0.539. The number of nitrogen functional groups attached to an aromatic ring is 1. The number of benzene rings is 1. The van der Waals surface area contributed by atoms with E-state index in [1.807, 2.05) is 0 Å². The van der Waals surface area contributed by atoms with Crippen LogP contribution in [0.3, 0.4) is 0 Å². The molecule has 1 aromatic rings. The second-order valence-electron chi connectivity index (χ2n) is 4.24. The second kappa shape index (κ2) is 4.69. The maximum Gasteiger partial charge on any atom is 0.243 e. The average Bonchev–Trinajstić information content (AvgIpc) is 2.27. The Kier molecular flexibility index (Phi) is 3.66. The van der Waals surface area contributed by atoms with Crippen LogP contribution in [0, 0.1) is 23.7 Å². The highest BCUT2D eigenvalue weighted by molar-refractivity contribution is 7.89. The van der Waals surface area contributed by atoms with Gasteiger partial charge in [0.1, 0.15) is 6.07 Å². The molecule has 0 radical (unpaired) electrons. The van der Waals surface area contributed by atoms with Crippen molar-refractivity contribution in [3.8, 4) is 18.4 Å². The van der Waals surface area contributed by atoms with Crippen molar-refractivity contribution in [2.45, 2.75) is 24.3 Å². The summed E-state index contributed by atoms with van der Waals surface area (Å²) in [5.74, 6) is 2.32. The normalized spacial score (nSPS) is 11.6. The molecule has 1 rings (SSSR count). The fraction of sp³-hybridized carbons (Fsp3) is 0.250. The van der Waals surface area contributed by atoms with Crippen molar-refractivity contribution in [3.63, 3.8) is 0 Å². The molecule has 0 aliphatic carbocycles. The fourth-order valence-electron chi connectivity index (χ4n) is 1.29. The van der Waals surface area contributed by atoms with Crippen LogP contribution < -0.4 is 10.5 Å². The van der Waals surface area contributed by atoms with E-state index in [0.717, 1.165) is 0 Å². The molecule has 94 valence electrons. The van der Waals surface area contributed by atoms with E-state index in [-0.39, 0.29) is 10.5 Å². The highest BCUT2D eigenvalue weighted by atomic mass is 32.2. The highest BCUT2D eigenvalue weighted by Gasteiger charge is 2.26. The molecule has 0 aromatic heterocycles. The molecule has 0 aliphatic rings. The maximum atomic E-state index is 12.1. The standard InChI is InChI=1S/C12H13N3O2S/c1-4-12(2,3)15-18(16,17)11-6-5-10(14)7-9(11)8-13/h1,5-7,15H,14H2,2-3H3. The molecule has 0 saturated heterocycles. The number of sulfonamides is 1. The molecule has 0 bridgehead atoms. The van der Waals surface area contributed by atoms with Gasteiger partial charge < -0.3 is 5.73 Å². The molecule has 0 unspecified atom stereocenters. The topological polar surface area (TPSA) is 96.0 Å². The van der Waals surface area contributed by atoms with Crippen molar-refractivity contribution in [1.82, 2.24) is 4.72 Å². The van der Waals surface area contributed by atoms with Crippen LogP contribution in [0.25, 0.3) is 0 Å². The number of nitrogens with two attached hydrogens (primary N) is 1. The van der Waals surface area contributed by atoms with Gasteiger partial charge in [0.15, 0.2) is 0 Å². The van der Waals surface area contributed by atoms with Gasteiger partial charge in [0, 0.05) is 5.69 Å². The van der Waals surface area contributed by atoms with Crippen LogP contribution in [0.1, 0.15) is 19.4 Å². The number of hydrogen-bond acceptors (Lipinski definition) is 4. The first-order valence-corrected chi connectivity index (χ1v) is 6.51. The summed E-state index contributed by atoms with van der Waals surface area (Å²) in [4.78, 5) is -0.137. The first kappa shape index (κ1) is 14.0. The Balaban J connectivity index is 3.32. The quantitative estimate of drug-likeness (QED) is 0.623. The third-order valence-corrected chi connectivity index (χ3v) is 3.88. The summed E-state index contributed by atoms with van der Waals surface area (Å²) in [7, 11) is -3.86. The van der Waals surface area contributed by atoms with Crippen LogP contribution in [0.5, 0.6) is 0 Å². The predicted molar refractivity (Wildman–Crippen MR) is 68.8 cm³/mol. The van der Waals surface area contributed by atoms with E-state index in [0.29, 0.717) is 5.69 Å². The van der Waals surface area contributed by atoms with Gasteiger partial charge in [-0.15, -0.1) is 6.42 Å². The van der Waals surface area contributed by atoms with E-state index >= 15 is 0 Å². The lowest BCUT2D eigenvalue weighted by atomic mass is 10.1. The van der Waals surface area contributed by atoms with Crippen LogP contribution in [0.15, 0.2) is 23.1 Å². The van der Waals surface area contributed by atoms with Gasteiger partial charge in [-0.3, -0.25) is 0 Å². The van der Waals surface area contributed by atoms with Crippen LogP contribution in [0.2, 0.25) is 0 Å². The minimum atomic E-state index is -3.86. The van der Waals surface area contributed by atoms with Crippen LogP contribution in [0.4, 0.5) is 5.69 Å². The van der Waals surface area contributed by atoms with Gasteiger partial charge in [0.25, 0.3) is 0 Å². The van der Waals surface area contributed by atoms with Gasteiger partial charge in [-0.05, 0) is 32.0 Å².